The van der Waals surface area contributed by atoms with Gasteiger partial charge in [0.05, 0.1) is 6.04 Å². The quantitative estimate of drug-likeness (QED) is 0.820. The molecule has 4 heteroatoms. The SMILES string of the molecule is CCc1ccc(C(C)NC(=O)C(=O)N(CC)Cc2ccccc2)cc1. The average molecular weight is 338 g/mol. The van der Waals surface area contributed by atoms with Crippen LogP contribution in [-0.2, 0) is 22.6 Å². The third-order valence-corrected chi connectivity index (χ3v) is 4.32. The largest absolute Gasteiger partial charge is 0.341 e. The lowest BCUT2D eigenvalue weighted by molar-refractivity contribution is -0.146. The van der Waals surface area contributed by atoms with Crippen LogP contribution < -0.4 is 5.32 Å². The first-order valence-electron chi connectivity index (χ1n) is 8.77. The maximum atomic E-state index is 12.5. The molecule has 0 saturated heterocycles. The van der Waals surface area contributed by atoms with Gasteiger partial charge in [0.25, 0.3) is 0 Å². The van der Waals surface area contributed by atoms with E-state index in [0.29, 0.717) is 13.1 Å². The number of benzene rings is 2. The van der Waals surface area contributed by atoms with E-state index < -0.39 is 11.8 Å². The summed E-state index contributed by atoms with van der Waals surface area (Å²) in [7, 11) is 0. The van der Waals surface area contributed by atoms with Crippen LogP contribution in [0.25, 0.3) is 0 Å². The minimum Gasteiger partial charge on any atom is -0.341 e. The van der Waals surface area contributed by atoms with Gasteiger partial charge >= 0.3 is 11.8 Å². The second-order valence-electron chi connectivity index (χ2n) is 6.10. The Kier molecular flexibility index (Phi) is 6.75. The van der Waals surface area contributed by atoms with E-state index in [4.69, 9.17) is 0 Å². The molecule has 4 nitrogen and oxygen atoms in total. The number of rotatable bonds is 6. The summed E-state index contributed by atoms with van der Waals surface area (Å²) in [5, 5.41) is 2.80. The van der Waals surface area contributed by atoms with Gasteiger partial charge in [0.1, 0.15) is 0 Å². The second-order valence-corrected chi connectivity index (χ2v) is 6.10. The first-order chi connectivity index (χ1) is 12.0. The van der Waals surface area contributed by atoms with E-state index in [2.05, 4.69) is 12.2 Å². The molecule has 2 aromatic carbocycles. The van der Waals surface area contributed by atoms with Gasteiger partial charge in [-0.1, -0.05) is 61.5 Å². The zero-order chi connectivity index (χ0) is 18.2. The smallest absolute Gasteiger partial charge is 0.312 e. The standard InChI is InChI=1S/C21H26N2O2/c1-4-17-11-13-19(14-12-17)16(3)22-20(24)21(25)23(5-2)15-18-9-7-6-8-10-18/h6-14,16H,4-5,15H2,1-3H3,(H,22,24). The van der Waals surface area contributed by atoms with Gasteiger partial charge in [-0.05, 0) is 37.0 Å². The summed E-state index contributed by atoms with van der Waals surface area (Å²) in [5.74, 6) is -1.06. The van der Waals surface area contributed by atoms with Crippen molar-refractivity contribution in [3.63, 3.8) is 0 Å². The van der Waals surface area contributed by atoms with Crippen LogP contribution in [0.2, 0.25) is 0 Å². The summed E-state index contributed by atoms with van der Waals surface area (Å²) >= 11 is 0. The predicted molar refractivity (Wildman–Crippen MR) is 99.9 cm³/mol. The van der Waals surface area contributed by atoms with Crippen molar-refractivity contribution in [2.45, 2.75) is 39.8 Å². The number of carbonyl (C=O) groups is 2. The molecule has 0 aliphatic rings. The van der Waals surface area contributed by atoms with E-state index in [-0.39, 0.29) is 6.04 Å². The third kappa shape index (κ3) is 5.18. The molecule has 132 valence electrons. The van der Waals surface area contributed by atoms with Gasteiger partial charge in [-0.3, -0.25) is 9.59 Å². The molecule has 25 heavy (non-hydrogen) atoms. The third-order valence-electron chi connectivity index (χ3n) is 4.32. The summed E-state index contributed by atoms with van der Waals surface area (Å²) < 4.78 is 0. The van der Waals surface area contributed by atoms with Gasteiger partial charge in [0.15, 0.2) is 0 Å². The number of hydrogen-bond acceptors (Lipinski definition) is 2. The first-order valence-corrected chi connectivity index (χ1v) is 8.77. The van der Waals surface area contributed by atoms with Crippen LogP contribution in [0, 0.1) is 0 Å². The molecule has 0 aromatic heterocycles. The summed E-state index contributed by atoms with van der Waals surface area (Å²) in [6.07, 6.45) is 0.977. The van der Waals surface area contributed by atoms with Crippen molar-refractivity contribution in [1.29, 1.82) is 0 Å². The molecule has 1 atom stereocenters. The van der Waals surface area contributed by atoms with E-state index in [0.717, 1.165) is 17.5 Å². The van der Waals surface area contributed by atoms with E-state index in [1.54, 1.807) is 4.90 Å². The highest BCUT2D eigenvalue weighted by molar-refractivity contribution is 6.35. The predicted octanol–water partition coefficient (Wildman–Crippen LogP) is 3.47. The van der Waals surface area contributed by atoms with Crippen molar-refractivity contribution in [2.24, 2.45) is 0 Å². The number of carbonyl (C=O) groups excluding carboxylic acids is 2. The second kappa shape index (κ2) is 9.02. The molecule has 0 aliphatic carbocycles. The number of aryl methyl sites for hydroxylation is 1. The summed E-state index contributed by atoms with van der Waals surface area (Å²) in [6, 6.07) is 17.6. The Morgan fingerprint density at radius 3 is 2.16 bits per heavy atom. The van der Waals surface area contributed by atoms with Gasteiger partial charge in [-0.25, -0.2) is 0 Å². The molecule has 0 saturated carbocycles. The van der Waals surface area contributed by atoms with Gasteiger partial charge in [-0.15, -0.1) is 0 Å². The molecule has 0 aliphatic heterocycles. The highest BCUT2D eigenvalue weighted by atomic mass is 16.2. The molecule has 1 N–H and O–H groups in total. The Hall–Kier alpha value is -2.62. The summed E-state index contributed by atoms with van der Waals surface area (Å²) in [5.41, 5.74) is 3.25. The normalized spacial score (nSPS) is 11.6. The van der Waals surface area contributed by atoms with Crippen LogP contribution >= 0.6 is 0 Å². The van der Waals surface area contributed by atoms with E-state index in [1.807, 2.05) is 68.4 Å². The van der Waals surface area contributed by atoms with Crippen molar-refractivity contribution in [3.8, 4) is 0 Å². The number of likely N-dealkylation sites (N-methyl/N-ethyl adjacent to an activating group) is 1. The van der Waals surface area contributed by atoms with Crippen LogP contribution in [0.1, 0.15) is 43.5 Å². The van der Waals surface area contributed by atoms with Crippen molar-refractivity contribution in [3.05, 3.63) is 71.3 Å². The van der Waals surface area contributed by atoms with Crippen LogP contribution in [0.3, 0.4) is 0 Å². The number of nitrogens with one attached hydrogen (secondary N) is 1. The molecule has 0 fully saturated rings. The van der Waals surface area contributed by atoms with E-state index in [1.165, 1.54) is 5.56 Å². The lowest BCUT2D eigenvalue weighted by atomic mass is 10.0. The van der Waals surface area contributed by atoms with Crippen molar-refractivity contribution in [2.75, 3.05) is 6.54 Å². The Labute approximate surface area is 149 Å². The summed E-state index contributed by atoms with van der Waals surface area (Å²) in [4.78, 5) is 26.4. The maximum Gasteiger partial charge on any atom is 0.312 e. The highest BCUT2D eigenvalue weighted by Gasteiger charge is 2.22. The number of nitrogens with zero attached hydrogens (tertiary/aromatic N) is 1. The van der Waals surface area contributed by atoms with Gasteiger partial charge in [0.2, 0.25) is 0 Å². The molecule has 0 bridgehead atoms. The fraction of sp³-hybridized carbons (Fsp3) is 0.333. The molecule has 2 amide bonds. The lowest BCUT2D eigenvalue weighted by Crippen LogP contribution is -2.43. The molecule has 0 heterocycles. The van der Waals surface area contributed by atoms with Crippen LogP contribution in [0.5, 0.6) is 0 Å². The fourth-order valence-corrected chi connectivity index (χ4v) is 2.66. The van der Waals surface area contributed by atoms with Crippen molar-refractivity contribution < 1.29 is 9.59 Å². The molecule has 1 unspecified atom stereocenters. The summed E-state index contributed by atoms with van der Waals surface area (Å²) in [6.45, 7) is 6.79. The van der Waals surface area contributed by atoms with E-state index in [9.17, 15) is 9.59 Å². The van der Waals surface area contributed by atoms with Crippen LogP contribution in [0.15, 0.2) is 54.6 Å². The Morgan fingerprint density at radius 1 is 0.960 bits per heavy atom. The maximum absolute atomic E-state index is 12.5. The Bertz CT molecular complexity index is 696. The fourth-order valence-electron chi connectivity index (χ4n) is 2.66. The van der Waals surface area contributed by atoms with Gasteiger partial charge in [0, 0.05) is 13.1 Å². The zero-order valence-electron chi connectivity index (χ0n) is 15.2. The molecule has 0 spiro atoms. The molecule has 0 radical (unpaired) electrons. The lowest BCUT2D eigenvalue weighted by Gasteiger charge is -2.22. The Balaban J connectivity index is 1.98. The van der Waals surface area contributed by atoms with Crippen LogP contribution in [-0.4, -0.2) is 23.3 Å². The van der Waals surface area contributed by atoms with Gasteiger partial charge < -0.3 is 10.2 Å². The zero-order valence-corrected chi connectivity index (χ0v) is 15.2. The van der Waals surface area contributed by atoms with Gasteiger partial charge in [-0.2, -0.15) is 0 Å². The monoisotopic (exact) mass is 338 g/mol. The molecular weight excluding hydrogens is 312 g/mol. The number of hydrogen-bond donors (Lipinski definition) is 1. The van der Waals surface area contributed by atoms with Crippen molar-refractivity contribution >= 4 is 11.8 Å². The topological polar surface area (TPSA) is 49.4 Å². The van der Waals surface area contributed by atoms with E-state index >= 15 is 0 Å². The highest BCUT2D eigenvalue weighted by Crippen LogP contribution is 2.14. The molecular formula is C21H26N2O2. The average Bonchev–Trinajstić information content (AvgIpc) is 2.66. The molecule has 2 aromatic rings. The Morgan fingerprint density at radius 2 is 1.60 bits per heavy atom. The first kappa shape index (κ1) is 18.7. The minimum absolute atomic E-state index is 0.210. The van der Waals surface area contributed by atoms with Crippen LogP contribution in [0.4, 0.5) is 0 Å². The number of amides is 2. The molecule has 2 rings (SSSR count). The van der Waals surface area contributed by atoms with Crippen molar-refractivity contribution in [1.82, 2.24) is 10.2 Å². The minimum atomic E-state index is -0.565.